The molecule has 3 aromatic rings. The summed E-state index contributed by atoms with van der Waals surface area (Å²) < 4.78 is 5.18. The summed E-state index contributed by atoms with van der Waals surface area (Å²) in [6, 6.07) is 11.9. The van der Waals surface area contributed by atoms with Crippen molar-refractivity contribution >= 4 is 23.3 Å². The Morgan fingerprint density at radius 2 is 1.35 bits per heavy atom. The molecule has 134 valence electrons. The lowest BCUT2D eigenvalue weighted by Gasteiger charge is -2.14. The first-order valence-corrected chi connectivity index (χ1v) is 8.43. The van der Waals surface area contributed by atoms with Crippen LogP contribution in [0.4, 0.5) is 23.3 Å². The number of hydrogen-bond donors (Lipinski definition) is 2. The summed E-state index contributed by atoms with van der Waals surface area (Å²) in [5, 5.41) is 6.53. The van der Waals surface area contributed by atoms with Crippen LogP contribution in [-0.4, -0.2) is 22.1 Å². The maximum absolute atomic E-state index is 5.18. The molecule has 1 heterocycles. The summed E-state index contributed by atoms with van der Waals surface area (Å²) in [4.78, 5) is 13.3. The number of nitrogens with zero attached hydrogens (tertiary/aromatic N) is 3. The fourth-order valence-electron chi connectivity index (χ4n) is 2.89. The first kappa shape index (κ1) is 17.7. The van der Waals surface area contributed by atoms with E-state index >= 15 is 0 Å². The highest BCUT2D eigenvalue weighted by Gasteiger charge is 2.09. The van der Waals surface area contributed by atoms with Gasteiger partial charge in [-0.1, -0.05) is 17.7 Å². The highest BCUT2D eigenvalue weighted by Crippen LogP contribution is 2.25. The first-order valence-electron chi connectivity index (χ1n) is 8.43. The first-order chi connectivity index (χ1) is 12.4. The van der Waals surface area contributed by atoms with Crippen LogP contribution in [0, 0.1) is 27.7 Å². The standard InChI is InChI=1S/C20H23N5O/c1-12-10-13(2)18(14(3)11-12)24-20-22-15(4)21-19(25-20)23-16-6-8-17(26-5)9-7-16/h6-11H,1-5H3,(H2,21,22,23,24,25). The van der Waals surface area contributed by atoms with Gasteiger partial charge in [0.15, 0.2) is 0 Å². The van der Waals surface area contributed by atoms with E-state index in [9.17, 15) is 0 Å². The van der Waals surface area contributed by atoms with Gasteiger partial charge >= 0.3 is 0 Å². The lowest BCUT2D eigenvalue weighted by atomic mass is 10.1. The third-order valence-corrected chi connectivity index (χ3v) is 4.01. The molecule has 0 fully saturated rings. The Kier molecular flexibility index (Phi) is 5.02. The second-order valence-corrected chi connectivity index (χ2v) is 6.28. The Balaban J connectivity index is 1.85. The number of anilines is 4. The van der Waals surface area contributed by atoms with Crippen LogP contribution in [0.1, 0.15) is 22.5 Å². The third kappa shape index (κ3) is 4.08. The number of aromatic nitrogens is 3. The Labute approximate surface area is 153 Å². The molecule has 0 unspecified atom stereocenters. The molecule has 26 heavy (non-hydrogen) atoms. The highest BCUT2D eigenvalue weighted by atomic mass is 16.5. The predicted octanol–water partition coefficient (Wildman–Crippen LogP) is 4.60. The average Bonchev–Trinajstić information content (AvgIpc) is 2.58. The monoisotopic (exact) mass is 349 g/mol. The molecule has 3 rings (SSSR count). The molecule has 0 saturated carbocycles. The lowest BCUT2D eigenvalue weighted by Crippen LogP contribution is -2.07. The van der Waals surface area contributed by atoms with Gasteiger partial charge in [0.25, 0.3) is 0 Å². The van der Waals surface area contributed by atoms with E-state index in [2.05, 4.69) is 58.5 Å². The summed E-state index contributed by atoms with van der Waals surface area (Å²) in [6.07, 6.45) is 0. The van der Waals surface area contributed by atoms with Crippen LogP contribution < -0.4 is 15.4 Å². The minimum Gasteiger partial charge on any atom is -0.497 e. The van der Waals surface area contributed by atoms with Gasteiger partial charge in [-0.3, -0.25) is 0 Å². The average molecular weight is 349 g/mol. The van der Waals surface area contributed by atoms with Crippen LogP contribution in [0.3, 0.4) is 0 Å². The fourth-order valence-corrected chi connectivity index (χ4v) is 2.89. The van der Waals surface area contributed by atoms with Crippen molar-refractivity contribution < 1.29 is 4.74 Å². The van der Waals surface area contributed by atoms with E-state index < -0.39 is 0 Å². The lowest BCUT2D eigenvalue weighted by molar-refractivity contribution is 0.415. The molecule has 2 N–H and O–H groups in total. The zero-order valence-corrected chi connectivity index (χ0v) is 15.7. The molecule has 0 aliphatic rings. The van der Waals surface area contributed by atoms with Gasteiger partial charge in [0.1, 0.15) is 11.6 Å². The molecule has 0 radical (unpaired) electrons. The zero-order valence-electron chi connectivity index (χ0n) is 15.7. The molecule has 0 aliphatic carbocycles. The van der Waals surface area contributed by atoms with Crippen LogP contribution in [0.15, 0.2) is 36.4 Å². The minimum absolute atomic E-state index is 0.493. The van der Waals surface area contributed by atoms with Crippen molar-refractivity contribution in [1.29, 1.82) is 0 Å². The quantitative estimate of drug-likeness (QED) is 0.701. The molecule has 2 aromatic carbocycles. The van der Waals surface area contributed by atoms with E-state index in [1.807, 2.05) is 31.2 Å². The summed E-state index contributed by atoms with van der Waals surface area (Å²) in [5.74, 6) is 2.45. The molecule has 0 spiro atoms. The van der Waals surface area contributed by atoms with Gasteiger partial charge in [-0.15, -0.1) is 0 Å². The van der Waals surface area contributed by atoms with Gasteiger partial charge in [-0.2, -0.15) is 15.0 Å². The number of methoxy groups -OCH3 is 1. The maximum Gasteiger partial charge on any atom is 0.232 e. The molecular weight excluding hydrogens is 326 g/mol. The van der Waals surface area contributed by atoms with Gasteiger partial charge in [0.2, 0.25) is 11.9 Å². The number of benzene rings is 2. The number of ether oxygens (including phenoxy) is 1. The van der Waals surface area contributed by atoms with E-state index in [0.29, 0.717) is 17.7 Å². The number of aryl methyl sites for hydroxylation is 4. The van der Waals surface area contributed by atoms with Crippen LogP contribution in [0.25, 0.3) is 0 Å². The van der Waals surface area contributed by atoms with Crippen molar-refractivity contribution in [3.8, 4) is 5.75 Å². The van der Waals surface area contributed by atoms with Crippen LogP contribution in [0.5, 0.6) is 5.75 Å². The minimum atomic E-state index is 0.493. The second-order valence-electron chi connectivity index (χ2n) is 6.28. The third-order valence-electron chi connectivity index (χ3n) is 4.01. The SMILES string of the molecule is COc1ccc(Nc2nc(C)nc(Nc3c(C)cc(C)cc3C)n2)cc1. The molecule has 1 aromatic heterocycles. The van der Waals surface area contributed by atoms with Crippen molar-refractivity contribution in [1.82, 2.24) is 15.0 Å². The summed E-state index contributed by atoms with van der Waals surface area (Å²) in [5.41, 5.74) is 5.45. The predicted molar refractivity (Wildman–Crippen MR) is 105 cm³/mol. The Morgan fingerprint density at radius 1 is 0.769 bits per heavy atom. The zero-order chi connectivity index (χ0) is 18.7. The molecule has 6 nitrogen and oxygen atoms in total. The molecule has 0 amide bonds. The highest BCUT2D eigenvalue weighted by molar-refractivity contribution is 5.64. The van der Waals surface area contributed by atoms with Crippen LogP contribution >= 0.6 is 0 Å². The fraction of sp³-hybridized carbons (Fsp3) is 0.250. The molecular formula is C20H23N5O. The second kappa shape index (κ2) is 7.39. The van der Waals surface area contributed by atoms with Crippen molar-refractivity contribution in [3.05, 3.63) is 58.9 Å². The maximum atomic E-state index is 5.18. The normalized spacial score (nSPS) is 10.5. The van der Waals surface area contributed by atoms with Crippen molar-refractivity contribution in [2.24, 2.45) is 0 Å². The summed E-state index contributed by atoms with van der Waals surface area (Å²) in [7, 11) is 1.64. The van der Waals surface area contributed by atoms with E-state index in [1.165, 1.54) is 5.56 Å². The smallest absolute Gasteiger partial charge is 0.232 e. The van der Waals surface area contributed by atoms with Crippen LogP contribution in [0.2, 0.25) is 0 Å². The van der Waals surface area contributed by atoms with Gasteiger partial charge in [-0.05, 0) is 63.1 Å². The van der Waals surface area contributed by atoms with Crippen LogP contribution in [-0.2, 0) is 0 Å². The topological polar surface area (TPSA) is 72.0 Å². The summed E-state index contributed by atoms with van der Waals surface area (Å²) >= 11 is 0. The Hall–Kier alpha value is -3.15. The number of nitrogens with one attached hydrogen (secondary N) is 2. The van der Waals surface area contributed by atoms with E-state index in [1.54, 1.807) is 7.11 Å². The largest absolute Gasteiger partial charge is 0.497 e. The molecule has 0 saturated heterocycles. The number of hydrogen-bond acceptors (Lipinski definition) is 6. The number of rotatable bonds is 5. The van der Waals surface area contributed by atoms with Crippen molar-refractivity contribution in [2.75, 3.05) is 17.7 Å². The van der Waals surface area contributed by atoms with E-state index in [4.69, 9.17) is 4.74 Å². The summed E-state index contributed by atoms with van der Waals surface area (Å²) in [6.45, 7) is 8.09. The van der Waals surface area contributed by atoms with Crippen molar-refractivity contribution in [2.45, 2.75) is 27.7 Å². The van der Waals surface area contributed by atoms with E-state index in [0.717, 1.165) is 28.3 Å². The molecule has 0 bridgehead atoms. The molecule has 0 aliphatic heterocycles. The molecule has 6 heteroatoms. The Morgan fingerprint density at radius 3 is 1.92 bits per heavy atom. The van der Waals surface area contributed by atoms with Gasteiger partial charge in [-0.25, -0.2) is 0 Å². The molecule has 0 atom stereocenters. The van der Waals surface area contributed by atoms with E-state index in [-0.39, 0.29) is 0 Å². The Bertz CT molecular complexity index is 899. The van der Waals surface area contributed by atoms with Gasteiger partial charge in [0.05, 0.1) is 7.11 Å². The van der Waals surface area contributed by atoms with Crippen molar-refractivity contribution in [3.63, 3.8) is 0 Å². The van der Waals surface area contributed by atoms with Gasteiger partial charge < -0.3 is 15.4 Å². The van der Waals surface area contributed by atoms with Gasteiger partial charge in [0, 0.05) is 11.4 Å².